The summed E-state index contributed by atoms with van der Waals surface area (Å²) in [6.45, 7) is 6.14. The Morgan fingerprint density at radius 3 is 2.35 bits per heavy atom. The lowest BCUT2D eigenvalue weighted by atomic mass is 9.86. The first-order valence-electron chi connectivity index (χ1n) is 7.68. The third kappa shape index (κ3) is 4.81. The molecule has 2 unspecified atom stereocenters. The second-order valence-corrected chi connectivity index (χ2v) is 7.56. The van der Waals surface area contributed by atoms with Crippen LogP contribution in [0.1, 0.15) is 43.3 Å². The van der Waals surface area contributed by atoms with Crippen molar-refractivity contribution in [1.82, 2.24) is 10.6 Å². The Hall–Kier alpha value is -1.85. The average molecular weight is 332 g/mol. The Morgan fingerprint density at radius 2 is 1.83 bits per heavy atom. The maximum Gasteiger partial charge on any atom is 0.315 e. The fraction of sp³-hybridized carbons (Fsp3) is 0.389. The van der Waals surface area contributed by atoms with Crippen LogP contribution in [0.25, 0.3) is 0 Å². The van der Waals surface area contributed by atoms with E-state index >= 15 is 0 Å². The molecule has 4 nitrogen and oxygen atoms in total. The van der Waals surface area contributed by atoms with Gasteiger partial charge < -0.3 is 15.7 Å². The van der Waals surface area contributed by atoms with E-state index in [0.29, 0.717) is 0 Å². The molecular weight excluding hydrogens is 308 g/mol. The van der Waals surface area contributed by atoms with Crippen molar-refractivity contribution < 1.29 is 9.90 Å². The van der Waals surface area contributed by atoms with Crippen LogP contribution < -0.4 is 10.6 Å². The van der Waals surface area contributed by atoms with E-state index in [-0.39, 0.29) is 24.1 Å². The smallest absolute Gasteiger partial charge is 0.315 e. The maximum atomic E-state index is 12.4. The number of nitrogens with one attached hydrogen (secondary N) is 2. The van der Waals surface area contributed by atoms with Crippen molar-refractivity contribution in [2.24, 2.45) is 5.41 Å². The van der Waals surface area contributed by atoms with Crippen LogP contribution in [0.5, 0.6) is 0 Å². The van der Waals surface area contributed by atoms with E-state index in [1.807, 2.05) is 47.8 Å². The number of amides is 2. The number of carbonyl (C=O) groups is 1. The summed E-state index contributed by atoms with van der Waals surface area (Å²) in [5.41, 5.74) is 0.775. The molecule has 0 aliphatic heterocycles. The van der Waals surface area contributed by atoms with E-state index in [1.165, 1.54) is 0 Å². The van der Waals surface area contributed by atoms with Gasteiger partial charge in [0, 0.05) is 4.88 Å². The number of aliphatic hydroxyl groups excluding tert-OH is 1. The first kappa shape index (κ1) is 17.5. The second-order valence-electron chi connectivity index (χ2n) is 6.58. The normalized spacial score (nSPS) is 14.1. The monoisotopic (exact) mass is 332 g/mol. The van der Waals surface area contributed by atoms with Gasteiger partial charge in [-0.3, -0.25) is 0 Å². The highest BCUT2D eigenvalue weighted by molar-refractivity contribution is 7.10. The van der Waals surface area contributed by atoms with Crippen molar-refractivity contribution in [2.45, 2.75) is 32.9 Å². The largest absolute Gasteiger partial charge is 0.394 e. The van der Waals surface area contributed by atoms with E-state index in [4.69, 9.17) is 0 Å². The van der Waals surface area contributed by atoms with Gasteiger partial charge in [-0.2, -0.15) is 0 Å². The first-order valence-corrected chi connectivity index (χ1v) is 8.56. The molecule has 2 rings (SSSR count). The molecule has 0 bridgehead atoms. The predicted octanol–water partition coefficient (Wildman–Crippen LogP) is 3.87. The molecule has 2 aromatic rings. The van der Waals surface area contributed by atoms with Crippen LogP contribution in [0.4, 0.5) is 4.79 Å². The number of aliphatic hydroxyl groups is 1. The molecule has 3 N–H and O–H groups in total. The minimum absolute atomic E-state index is 0.0855. The molecule has 5 heteroatoms. The molecule has 23 heavy (non-hydrogen) atoms. The molecule has 0 fully saturated rings. The van der Waals surface area contributed by atoms with Crippen molar-refractivity contribution in [3.63, 3.8) is 0 Å². The first-order chi connectivity index (χ1) is 10.9. The molecule has 0 saturated carbocycles. The molecule has 0 aliphatic carbocycles. The van der Waals surface area contributed by atoms with Crippen LogP contribution in [0.2, 0.25) is 0 Å². The summed E-state index contributed by atoms with van der Waals surface area (Å²) in [6.07, 6.45) is 0. The zero-order chi connectivity index (χ0) is 16.9. The molecule has 0 saturated heterocycles. The van der Waals surface area contributed by atoms with Gasteiger partial charge in [-0.05, 0) is 22.4 Å². The van der Waals surface area contributed by atoms with Gasteiger partial charge in [0.1, 0.15) is 0 Å². The van der Waals surface area contributed by atoms with Gasteiger partial charge in [0.25, 0.3) is 0 Å². The van der Waals surface area contributed by atoms with Crippen LogP contribution in [0.3, 0.4) is 0 Å². The fourth-order valence-electron chi connectivity index (χ4n) is 2.42. The lowest BCUT2D eigenvalue weighted by Gasteiger charge is -2.31. The standard InChI is InChI=1S/C18H24N2O2S/c1-18(2,3)16(15-10-7-11-23-15)20-17(22)19-14(12-21)13-8-5-4-6-9-13/h4-11,14,16,21H,12H2,1-3H3,(H2,19,20,22). The molecule has 124 valence electrons. The summed E-state index contributed by atoms with van der Waals surface area (Å²) in [4.78, 5) is 13.5. The number of hydrogen-bond donors (Lipinski definition) is 3. The van der Waals surface area contributed by atoms with E-state index in [2.05, 4.69) is 31.4 Å². The fourth-order valence-corrected chi connectivity index (χ4v) is 3.44. The zero-order valence-corrected chi connectivity index (χ0v) is 14.6. The number of urea groups is 1. The predicted molar refractivity (Wildman–Crippen MR) is 94.5 cm³/mol. The third-order valence-electron chi connectivity index (χ3n) is 3.66. The van der Waals surface area contributed by atoms with Gasteiger partial charge in [0.05, 0.1) is 18.7 Å². The molecule has 0 aliphatic rings. The quantitative estimate of drug-likeness (QED) is 0.778. The molecule has 1 aromatic carbocycles. The lowest BCUT2D eigenvalue weighted by Crippen LogP contribution is -2.44. The Bertz CT molecular complexity index is 606. The highest BCUT2D eigenvalue weighted by Gasteiger charge is 2.29. The molecule has 0 spiro atoms. The van der Waals surface area contributed by atoms with E-state index in [0.717, 1.165) is 10.4 Å². The Labute approximate surface area is 141 Å². The summed E-state index contributed by atoms with van der Waals surface area (Å²) in [7, 11) is 0. The summed E-state index contributed by atoms with van der Waals surface area (Å²) >= 11 is 1.63. The molecule has 0 radical (unpaired) electrons. The second kappa shape index (κ2) is 7.62. The van der Waals surface area contributed by atoms with Gasteiger partial charge in [-0.15, -0.1) is 11.3 Å². The van der Waals surface area contributed by atoms with Crippen molar-refractivity contribution in [3.05, 3.63) is 58.3 Å². The lowest BCUT2D eigenvalue weighted by molar-refractivity contribution is 0.202. The topological polar surface area (TPSA) is 61.4 Å². The van der Waals surface area contributed by atoms with E-state index in [1.54, 1.807) is 11.3 Å². The summed E-state index contributed by atoms with van der Waals surface area (Å²) in [6, 6.07) is 12.7. The third-order valence-corrected chi connectivity index (χ3v) is 4.60. The highest BCUT2D eigenvalue weighted by atomic mass is 32.1. The highest BCUT2D eigenvalue weighted by Crippen LogP contribution is 2.35. The van der Waals surface area contributed by atoms with Crippen LogP contribution in [0, 0.1) is 5.41 Å². The molecule has 1 heterocycles. The van der Waals surface area contributed by atoms with Crippen LogP contribution >= 0.6 is 11.3 Å². The van der Waals surface area contributed by atoms with Crippen LogP contribution in [-0.2, 0) is 0 Å². The van der Waals surface area contributed by atoms with Crippen LogP contribution in [0.15, 0.2) is 47.8 Å². The van der Waals surface area contributed by atoms with Crippen molar-refractivity contribution >= 4 is 17.4 Å². The zero-order valence-electron chi connectivity index (χ0n) is 13.7. The summed E-state index contributed by atoms with van der Waals surface area (Å²) in [5, 5.41) is 17.5. The van der Waals surface area contributed by atoms with Gasteiger partial charge in [-0.25, -0.2) is 4.79 Å². The van der Waals surface area contributed by atoms with E-state index in [9.17, 15) is 9.90 Å². The van der Waals surface area contributed by atoms with Gasteiger partial charge >= 0.3 is 6.03 Å². The van der Waals surface area contributed by atoms with Crippen LogP contribution in [-0.4, -0.2) is 17.7 Å². The number of hydrogen-bond acceptors (Lipinski definition) is 3. The summed E-state index contributed by atoms with van der Waals surface area (Å²) in [5.74, 6) is 0. The Kier molecular flexibility index (Phi) is 5.80. The average Bonchev–Trinajstić information content (AvgIpc) is 3.04. The number of benzene rings is 1. The van der Waals surface area contributed by atoms with Crippen molar-refractivity contribution in [1.29, 1.82) is 0 Å². The van der Waals surface area contributed by atoms with Gasteiger partial charge in [-0.1, -0.05) is 57.2 Å². The van der Waals surface area contributed by atoms with Gasteiger partial charge in [0.15, 0.2) is 0 Å². The minimum atomic E-state index is -0.417. The molecule has 2 amide bonds. The number of carbonyl (C=O) groups excluding carboxylic acids is 1. The van der Waals surface area contributed by atoms with Gasteiger partial charge in [0.2, 0.25) is 0 Å². The number of rotatable bonds is 5. The molecular formula is C18H24N2O2S. The Balaban J connectivity index is 2.07. The molecule has 1 aromatic heterocycles. The number of thiophene rings is 1. The molecule has 2 atom stereocenters. The van der Waals surface area contributed by atoms with Crippen molar-refractivity contribution in [2.75, 3.05) is 6.61 Å². The SMILES string of the molecule is CC(C)(C)C(NC(=O)NC(CO)c1ccccc1)c1cccs1. The Morgan fingerprint density at radius 1 is 1.13 bits per heavy atom. The summed E-state index contributed by atoms with van der Waals surface area (Å²) < 4.78 is 0. The minimum Gasteiger partial charge on any atom is -0.394 e. The maximum absolute atomic E-state index is 12.4. The van der Waals surface area contributed by atoms with E-state index < -0.39 is 6.04 Å². The van der Waals surface area contributed by atoms with Crippen molar-refractivity contribution in [3.8, 4) is 0 Å².